The molecule has 0 atom stereocenters. The number of hydrogen-bond acceptors (Lipinski definition) is 5. The van der Waals surface area contributed by atoms with Crippen LogP contribution in [0.4, 0.5) is 5.69 Å². The average Bonchev–Trinajstić information content (AvgIpc) is 3.02. The molecule has 1 N–H and O–H groups in total. The van der Waals surface area contributed by atoms with Gasteiger partial charge < -0.3 is 14.8 Å². The monoisotopic (exact) mass is 348 g/mol. The normalized spacial score (nSPS) is 11.2. The highest BCUT2D eigenvalue weighted by molar-refractivity contribution is 7.09. The number of thiazole rings is 1. The fraction of sp³-hybridized carbons (Fsp3) is 0.444. The van der Waals surface area contributed by atoms with E-state index in [4.69, 9.17) is 9.47 Å². The van der Waals surface area contributed by atoms with Crippen molar-refractivity contribution in [2.24, 2.45) is 0 Å². The lowest BCUT2D eigenvalue weighted by Crippen LogP contribution is -2.14. The van der Waals surface area contributed by atoms with Crippen molar-refractivity contribution in [2.45, 2.75) is 39.0 Å². The molecule has 1 amide bonds. The van der Waals surface area contributed by atoms with Gasteiger partial charge in [0.15, 0.2) is 0 Å². The van der Waals surface area contributed by atoms with E-state index in [0.29, 0.717) is 30.0 Å². The number of methoxy groups -OCH3 is 2. The van der Waals surface area contributed by atoms with E-state index in [1.807, 2.05) is 0 Å². The van der Waals surface area contributed by atoms with Crippen LogP contribution in [0.1, 0.15) is 37.9 Å². The van der Waals surface area contributed by atoms with Crippen LogP contribution < -0.4 is 14.8 Å². The van der Waals surface area contributed by atoms with E-state index in [2.05, 4.69) is 36.5 Å². The molecule has 0 aliphatic rings. The summed E-state index contributed by atoms with van der Waals surface area (Å²) in [7, 11) is 3.16. The molecular formula is C18H24N2O3S. The quantitative estimate of drug-likeness (QED) is 0.856. The average molecular weight is 348 g/mol. The van der Waals surface area contributed by atoms with Crippen molar-refractivity contribution < 1.29 is 14.3 Å². The van der Waals surface area contributed by atoms with Gasteiger partial charge in [0.2, 0.25) is 5.91 Å². The number of carbonyl (C=O) groups excluding carboxylic acids is 1. The molecule has 6 heteroatoms. The summed E-state index contributed by atoms with van der Waals surface area (Å²) in [5, 5.41) is 5.92. The van der Waals surface area contributed by atoms with Crippen molar-refractivity contribution in [3.05, 3.63) is 34.3 Å². The summed E-state index contributed by atoms with van der Waals surface area (Å²) in [4.78, 5) is 16.8. The first-order valence-electron chi connectivity index (χ1n) is 7.80. The summed E-state index contributed by atoms with van der Waals surface area (Å²) in [6.07, 6.45) is 0.996. The highest BCUT2D eigenvalue weighted by Gasteiger charge is 2.18. The number of amides is 1. The summed E-state index contributed by atoms with van der Waals surface area (Å²) in [5.41, 5.74) is 1.71. The Bertz CT molecular complexity index is 705. The third kappa shape index (κ3) is 4.71. The molecule has 1 heterocycles. The number of benzene rings is 1. The molecule has 0 aliphatic carbocycles. The number of aryl methyl sites for hydroxylation is 1. The Balaban J connectivity index is 1.97. The van der Waals surface area contributed by atoms with Crippen LogP contribution in [-0.4, -0.2) is 25.1 Å². The molecule has 130 valence electrons. The molecule has 0 unspecified atom stereocenters. The zero-order valence-corrected chi connectivity index (χ0v) is 15.6. The smallest absolute Gasteiger partial charge is 0.224 e. The molecule has 24 heavy (non-hydrogen) atoms. The van der Waals surface area contributed by atoms with Crippen molar-refractivity contribution in [3.63, 3.8) is 0 Å². The van der Waals surface area contributed by atoms with Gasteiger partial charge in [-0.1, -0.05) is 20.8 Å². The van der Waals surface area contributed by atoms with E-state index in [9.17, 15) is 4.79 Å². The lowest BCUT2D eigenvalue weighted by atomic mass is 9.93. The Labute approximate surface area is 147 Å². The summed E-state index contributed by atoms with van der Waals surface area (Å²) in [6, 6.07) is 5.31. The van der Waals surface area contributed by atoms with Gasteiger partial charge >= 0.3 is 0 Å². The maximum absolute atomic E-state index is 12.2. The maximum atomic E-state index is 12.2. The zero-order valence-electron chi connectivity index (χ0n) is 14.8. The van der Waals surface area contributed by atoms with Gasteiger partial charge in [0, 0.05) is 29.7 Å². The Morgan fingerprint density at radius 2 is 2.00 bits per heavy atom. The Kier molecular flexibility index (Phi) is 5.83. The highest BCUT2D eigenvalue weighted by Crippen LogP contribution is 2.29. The van der Waals surface area contributed by atoms with Gasteiger partial charge in [-0.3, -0.25) is 4.79 Å². The first-order chi connectivity index (χ1) is 11.3. The van der Waals surface area contributed by atoms with Crippen LogP contribution in [0, 0.1) is 0 Å². The van der Waals surface area contributed by atoms with E-state index in [0.717, 1.165) is 10.7 Å². The maximum Gasteiger partial charge on any atom is 0.224 e. The van der Waals surface area contributed by atoms with Crippen molar-refractivity contribution in [2.75, 3.05) is 19.5 Å². The number of carbonyl (C=O) groups is 1. The Morgan fingerprint density at radius 3 is 2.58 bits per heavy atom. The summed E-state index contributed by atoms with van der Waals surface area (Å²) < 4.78 is 10.5. The number of anilines is 1. The topological polar surface area (TPSA) is 60.5 Å². The minimum absolute atomic E-state index is 0.0327. The summed E-state index contributed by atoms with van der Waals surface area (Å²) in [6.45, 7) is 6.40. The van der Waals surface area contributed by atoms with Gasteiger partial charge in [-0.2, -0.15) is 0 Å². The van der Waals surface area contributed by atoms with Crippen LogP contribution >= 0.6 is 11.3 Å². The predicted molar refractivity (Wildman–Crippen MR) is 97.3 cm³/mol. The lowest BCUT2D eigenvalue weighted by molar-refractivity contribution is -0.116. The van der Waals surface area contributed by atoms with E-state index in [-0.39, 0.29) is 11.3 Å². The lowest BCUT2D eigenvalue weighted by Gasteiger charge is -2.14. The molecular weight excluding hydrogens is 324 g/mol. The predicted octanol–water partition coefficient (Wildman–Crippen LogP) is 4.03. The zero-order chi connectivity index (χ0) is 17.7. The van der Waals surface area contributed by atoms with Gasteiger partial charge in [0.25, 0.3) is 0 Å². The summed E-state index contributed by atoms with van der Waals surface area (Å²) >= 11 is 1.60. The second-order valence-electron chi connectivity index (χ2n) is 6.49. The molecule has 0 fully saturated rings. The molecule has 1 aromatic heterocycles. The highest BCUT2D eigenvalue weighted by atomic mass is 32.1. The summed E-state index contributed by atoms with van der Waals surface area (Å²) in [5.74, 6) is 1.20. The van der Waals surface area contributed by atoms with Gasteiger partial charge in [0.05, 0.1) is 30.6 Å². The number of ether oxygens (including phenoxy) is 2. The van der Waals surface area contributed by atoms with Gasteiger partial charge in [-0.15, -0.1) is 11.3 Å². The number of rotatable bonds is 6. The van der Waals surface area contributed by atoms with Crippen LogP contribution in [-0.2, 0) is 16.6 Å². The molecule has 0 radical (unpaired) electrons. The van der Waals surface area contributed by atoms with Crippen molar-refractivity contribution in [3.8, 4) is 11.5 Å². The SMILES string of the molecule is COc1ccc(OC)c(NC(=O)CCc2nc(C(C)(C)C)cs2)c1. The van der Waals surface area contributed by atoms with E-state index >= 15 is 0 Å². The number of nitrogens with one attached hydrogen (secondary N) is 1. The molecule has 0 aliphatic heterocycles. The molecule has 0 bridgehead atoms. The second kappa shape index (κ2) is 7.66. The van der Waals surface area contributed by atoms with Gasteiger partial charge in [-0.05, 0) is 12.1 Å². The Hall–Kier alpha value is -2.08. The van der Waals surface area contributed by atoms with Gasteiger partial charge in [-0.25, -0.2) is 4.98 Å². The van der Waals surface area contributed by atoms with Crippen LogP contribution in [0.25, 0.3) is 0 Å². The minimum Gasteiger partial charge on any atom is -0.497 e. The van der Waals surface area contributed by atoms with Gasteiger partial charge in [0.1, 0.15) is 11.5 Å². The van der Waals surface area contributed by atoms with Crippen LogP contribution in [0.3, 0.4) is 0 Å². The minimum atomic E-state index is -0.0749. The molecule has 0 spiro atoms. The molecule has 2 rings (SSSR count). The van der Waals surface area contributed by atoms with E-state index in [1.54, 1.807) is 43.8 Å². The van der Waals surface area contributed by atoms with E-state index < -0.39 is 0 Å². The number of nitrogens with zero attached hydrogens (tertiary/aromatic N) is 1. The largest absolute Gasteiger partial charge is 0.497 e. The fourth-order valence-corrected chi connectivity index (χ4v) is 3.14. The molecule has 2 aromatic rings. The van der Waals surface area contributed by atoms with Crippen molar-refractivity contribution in [1.82, 2.24) is 4.98 Å². The number of aromatic nitrogens is 1. The third-order valence-electron chi connectivity index (χ3n) is 3.57. The first kappa shape index (κ1) is 18.3. The van der Waals surface area contributed by atoms with Crippen LogP contribution in [0.5, 0.6) is 11.5 Å². The van der Waals surface area contributed by atoms with E-state index in [1.165, 1.54) is 0 Å². The first-order valence-corrected chi connectivity index (χ1v) is 8.68. The Morgan fingerprint density at radius 1 is 1.25 bits per heavy atom. The molecule has 1 aromatic carbocycles. The van der Waals surface area contributed by atoms with Crippen LogP contribution in [0.15, 0.2) is 23.6 Å². The second-order valence-corrected chi connectivity index (χ2v) is 7.43. The van der Waals surface area contributed by atoms with Crippen molar-refractivity contribution >= 4 is 22.9 Å². The standard InChI is InChI=1S/C18H24N2O3S/c1-18(2,3)15-11-24-17(20-15)9-8-16(21)19-13-10-12(22-4)6-7-14(13)23-5/h6-7,10-11H,8-9H2,1-5H3,(H,19,21). The number of hydrogen-bond donors (Lipinski definition) is 1. The fourth-order valence-electron chi connectivity index (χ4n) is 2.12. The molecule has 0 saturated heterocycles. The molecule has 0 saturated carbocycles. The van der Waals surface area contributed by atoms with Crippen molar-refractivity contribution in [1.29, 1.82) is 0 Å². The van der Waals surface area contributed by atoms with Crippen LogP contribution in [0.2, 0.25) is 0 Å². The molecule has 5 nitrogen and oxygen atoms in total. The third-order valence-corrected chi connectivity index (χ3v) is 4.48.